The summed E-state index contributed by atoms with van der Waals surface area (Å²) in [5.41, 5.74) is 2.11. The number of hydrogen-bond acceptors (Lipinski definition) is 3. The third kappa shape index (κ3) is 4.71. The number of carbonyl (C=O) groups excluding carboxylic acids is 1. The standard InChI is InChI=1S/C19H30N2O2/c1-18(2,3)15-9-7-14(8-10-15)16-13-20-11-12-21(16)17(22)23-19(4,5)6/h7-10,16,20H,11-13H2,1-6H3/t16-/m1/s1. The van der Waals surface area contributed by atoms with Gasteiger partial charge in [0.25, 0.3) is 0 Å². The van der Waals surface area contributed by atoms with Gasteiger partial charge in [0.2, 0.25) is 0 Å². The van der Waals surface area contributed by atoms with Gasteiger partial charge in [-0.3, -0.25) is 4.90 Å². The molecule has 23 heavy (non-hydrogen) atoms. The summed E-state index contributed by atoms with van der Waals surface area (Å²) in [5.74, 6) is 0. The molecule has 0 aliphatic carbocycles. The molecule has 1 aromatic rings. The summed E-state index contributed by atoms with van der Waals surface area (Å²) in [4.78, 5) is 14.3. The molecule has 0 bridgehead atoms. The van der Waals surface area contributed by atoms with Crippen molar-refractivity contribution in [3.05, 3.63) is 35.4 Å². The second-order valence-corrected chi connectivity index (χ2v) is 8.27. The van der Waals surface area contributed by atoms with Crippen LogP contribution < -0.4 is 5.32 Å². The van der Waals surface area contributed by atoms with Crippen LogP contribution in [0, 0.1) is 0 Å². The van der Waals surface area contributed by atoms with E-state index in [-0.39, 0.29) is 17.6 Å². The van der Waals surface area contributed by atoms with Crippen LogP contribution in [0.3, 0.4) is 0 Å². The summed E-state index contributed by atoms with van der Waals surface area (Å²) in [6.07, 6.45) is -0.233. The Morgan fingerprint density at radius 3 is 2.26 bits per heavy atom. The Morgan fingerprint density at radius 2 is 1.74 bits per heavy atom. The maximum Gasteiger partial charge on any atom is 0.410 e. The highest BCUT2D eigenvalue weighted by Crippen LogP contribution is 2.28. The molecule has 128 valence electrons. The van der Waals surface area contributed by atoms with Gasteiger partial charge >= 0.3 is 6.09 Å². The maximum absolute atomic E-state index is 12.5. The fourth-order valence-corrected chi connectivity index (χ4v) is 2.75. The molecule has 1 N–H and O–H groups in total. The fraction of sp³-hybridized carbons (Fsp3) is 0.632. The van der Waals surface area contributed by atoms with E-state index in [9.17, 15) is 4.79 Å². The van der Waals surface area contributed by atoms with Crippen molar-refractivity contribution in [2.24, 2.45) is 0 Å². The highest BCUT2D eigenvalue weighted by molar-refractivity contribution is 5.69. The minimum atomic E-state index is -0.470. The second kappa shape index (κ2) is 6.52. The Kier molecular flexibility index (Phi) is 5.04. The van der Waals surface area contributed by atoms with Gasteiger partial charge in [-0.25, -0.2) is 4.79 Å². The molecule has 4 heteroatoms. The number of amides is 1. The Labute approximate surface area is 140 Å². The van der Waals surface area contributed by atoms with Gasteiger partial charge in [0.05, 0.1) is 6.04 Å². The molecule has 0 saturated carbocycles. The number of ether oxygens (including phenoxy) is 1. The molecule has 1 atom stereocenters. The third-order valence-corrected chi connectivity index (χ3v) is 4.03. The predicted octanol–water partition coefficient (Wildman–Crippen LogP) is 3.87. The van der Waals surface area contributed by atoms with Crippen molar-refractivity contribution in [3.8, 4) is 0 Å². The molecule has 2 rings (SSSR count). The van der Waals surface area contributed by atoms with Crippen LogP contribution in [0.2, 0.25) is 0 Å². The van der Waals surface area contributed by atoms with Crippen LogP contribution in [0.1, 0.15) is 58.7 Å². The zero-order chi connectivity index (χ0) is 17.3. The first-order valence-electron chi connectivity index (χ1n) is 8.39. The normalized spacial score (nSPS) is 19.6. The summed E-state index contributed by atoms with van der Waals surface area (Å²) in [6, 6.07) is 8.62. The average Bonchev–Trinajstić information content (AvgIpc) is 2.45. The Morgan fingerprint density at radius 1 is 1.13 bits per heavy atom. The highest BCUT2D eigenvalue weighted by atomic mass is 16.6. The first kappa shape index (κ1) is 17.8. The monoisotopic (exact) mass is 318 g/mol. The van der Waals surface area contributed by atoms with Crippen LogP contribution in [0.25, 0.3) is 0 Å². The number of hydrogen-bond donors (Lipinski definition) is 1. The molecule has 1 amide bonds. The Balaban J connectivity index is 2.19. The number of piperazine rings is 1. The van der Waals surface area contributed by atoms with Crippen molar-refractivity contribution in [1.29, 1.82) is 0 Å². The molecule has 0 unspecified atom stereocenters. The van der Waals surface area contributed by atoms with E-state index in [0.717, 1.165) is 18.7 Å². The molecule has 1 aliphatic rings. The van der Waals surface area contributed by atoms with Gasteiger partial charge in [-0.2, -0.15) is 0 Å². The van der Waals surface area contributed by atoms with Crippen LogP contribution in [-0.2, 0) is 10.2 Å². The largest absolute Gasteiger partial charge is 0.444 e. The summed E-state index contributed by atoms with van der Waals surface area (Å²) < 4.78 is 5.57. The molecule has 0 radical (unpaired) electrons. The van der Waals surface area contributed by atoms with Crippen molar-refractivity contribution in [3.63, 3.8) is 0 Å². The van der Waals surface area contributed by atoms with Crippen LogP contribution in [0.5, 0.6) is 0 Å². The van der Waals surface area contributed by atoms with Gasteiger partial charge in [0.1, 0.15) is 5.60 Å². The summed E-state index contributed by atoms with van der Waals surface area (Å²) in [5, 5.41) is 3.38. The van der Waals surface area contributed by atoms with Gasteiger partial charge in [0, 0.05) is 19.6 Å². The number of nitrogens with one attached hydrogen (secondary N) is 1. The zero-order valence-corrected chi connectivity index (χ0v) is 15.3. The summed E-state index contributed by atoms with van der Waals surface area (Å²) in [7, 11) is 0. The summed E-state index contributed by atoms with van der Waals surface area (Å²) in [6.45, 7) is 14.6. The van der Waals surface area contributed by atoms with Crippen molar-refractivity contribution >= 4 is 6.09 Å². The SMILES string of the molecule is CC(C)(C)OC(=O)N1CCNC[C@@H]1c1ccc(C(C)(C)C)cc1. The average molecular weight is 318 g/mol. The molecule has 1 heterocycles. The minimum absolute atomic E-state index is 0.0209. The van der Waals surface area contributed by atoms with Gasteiger partial charge in [-0.1, -0.05) is 45.0 Å². The quantitative estimate of drug-likeness (QED) is 0.855. The van der Waals surface area contributed by atoms with Gasteiger partial charge in [0.15, 0.2) is 0 Å². The molecule has 1 saturated heterocycles. The lowest BCUT2D eigenvalue weighted by atomic mass is 9.86. The second-order valence-electron chi connectivity index (χ2n) is 8.27. The molecule has 1 aliphatic heterocycles. The predicted molar refractivity (Wildman–Crippen MR) is 93.7 cm³/mol. The summed E-state index contributed by atoms with van der Waals surface area (Å²) >= 11 is 0. The topological polar surface area (TPSA) is 41.6 Å². The van der Waals surface area contributed by atoms with Crippen LogP contribution >= 0.6 is 0 Å². The first-order chi connectivity index (χ1) is 10.6. The third-order valence-electron chi connectivity index (χ3n) is 4.03. The Bertz CT molecular complexity index is 538. The minimum Gasteiger partial charge on any atom is -0.444 e. The number of rotatable bonds is 1. The molecular weight excluding hydrogens is 288 g/mol. The molecule has 1 fully saturated rings. The zero-order valence-electron chi connectivity index (χ0n) is 15.3. The molecular formula is C19H30N2O2. The van der Waals surface area contributed by atoms with Crippen molar-refractivity contribution in [1.82, 2.24) is 10.2 Å². The first-order valence-corrected chi connectivity index (χ1v) is 8.39. The van der Waals surface area contributed by atoms with Crippen molar-refractivity contribution < 1.29 is 9.53 Å². The van der Waals surface area contributed by atoms with E-state index in [0.29, 0.717) is 6.54 Å². The number of benzene rings is 1. The fourth-order valence-electron chi connectivity index (χ4n) is 2.75. The smallest absolute Gasteiger partial charge is 0.410 e. The molecule has 1 aromatic carbocycles. The van der Waals surface area contributed by atoms with E-state index in [1.165, 1.54) is 5.56 Å². The molecule has 0 spiro atoms. The van der Waals surface area contributed by atoms with E-state index >= 15 is 0 Å². The number of carbonyl (C=O) groups is 1. The van der Waals surface area contributed by atoms with E-state index in [4.69, 9.17) is 4.74 Å². The van der Waals surface area contributed by atoms with E-state index < -0.39 is 5.60 Å². The Hall–Kier alpha value is -1.55. The van der Waals surface area contributed by atoms with Crippen molar-refractivity contribution in [2.75, 3.05) is 19.6 Å². The highest BCUT2D eigenvalue weighted by Gasteiger charge is 2.31. The van der Waals surface area contributed by atoms with Crippen LogP contribution in [-0.4, -0.2) is 36.2 Å². The lowest BCUT2D eigenvalue weighted by molar-refractivity contribution is 0.0118. The number of nitrogens with zero attached hydrogens (tertiary/aromatic N) is 1. The molecule has 0 aromatic heterocycles. The van der Waals surface area contributed by atoms with Crippen molar-refractivity contribution in [2.45, 2.75) is 58.6 Å². The lowest BCUT2D eigenvalue weighted by Crippen LogP contribution is -2.50. The van der Waals surface area contributed by atoms with E-state index in [1.54, 1.807) is 0 Å². The van der Waals surface area contributed by atoms with E-state index in [2.05, 4.69) is 50.4 Å². The maximum atomic E-state index is 12.5. The van der Waals surface area contributed by atoms with E-state index in [1.807, 2.05) is 25.7 Å². The van der Waals surface area contributed by atoms with Crippen LogP contribution in [0.15, 0.2) is 24.3 Å². The lowest BCUT2D eigenvalue weighted by Gasteiger charge is -2.37. The van der Waals surface area contributed by atoms with Gasteiger partial charge in [-0.05, 0) is 37.3 Å². The van der Waals surface area contributed by atoms with Crippen LogP contribution in [0.4, 0.5) is 4.79 Å². The van der Waals surface area contributed by atoms with Gasteiger partial charge < -0.3 is 10.1 Å². The molecule has 4 nitrogen and oxygen atoms in total. The van der Waals surface area contributed by atoms with Gasteiger partial charge in [-0.15, -0.1) is 0 Å².